The Balaban J connectivity index is 2.33. The van der Waals surface area contributed by atoms with Crippen molar-refractivity contribution in [1.82, 2.24) is 0 Å². The number of carbonyl (C=O) groups is 1. The van der Waals surface area contributed by atoms with E-state index in [1.54, 1.807) is 0 Å². The van der Waals surface area contributed by atoms with Crippen molar-refractivity contribution in [1.29, 1.82) is 0 Å². The SMILES string of the molecule is O=C(Oc1ccc(O)c(O)c1O)c1cc(O)c(O)c(O)c1. The molecular weight excluding hydrogens is 284 g/mol. The van der Waals surface area contributed by atoms with Gasteiger partial charge in [0.1, 0.15) is 0 Å². The zero-order chi connectivity index (χ0) is 15.7. The Morgan fingerprint density at radius 1 is 0.762 bits per heavy atom. The molecule has 0 spiro atoms. The second kappa shape index (κ2) is 5.00. The largest absolute Gasteiger partial charge is 0.504 e. The van der Waals surface area contributed by atoms with Crippen LogP contribution in [0.2, 0.25) is 0 Å². The molecule has 0 aliphatic rings. The zero-order valence-electron chi connectivity index (χ0n) is 10.3. The Labute approximate surface area is 117 Å². The summed E-state index contributed by atoms with van der Waals surface area (Å²) in [6.45, 7) is 0. The molecule has 0 aromatic heterocycles. The highest BCUT2D eigenvalue weighted by Crippen LogP contribution is 2.42. The van der Waals surface area contributed by atoms with Crippen LogP contribution in [0.15, 0.2) is 24.3 Å². The third-order valence-electron chi connectivity index (χ3n) is 2.60. The van der Waals surface area contributed by atoms with Crippen LogP contribution in [0, 0.1) is 0 Å². The summed E-state index contributed by atoms with van der Waals surface area (Å²) >= 11 is 0. The van der Waals surface area contributed by atoms with Crippen LogP contribution >= 0.6 is 0 Å². The lowest BCUT2D eigenvalue weighted by Crippen LogP contribution is -2.08. The minimum absolute atomic E-state index is 0.310. The number of phenols is 6. The van der Waals surface area contributed by atoms with Crippen molar-refractivity contribution in [2.24, 2.45) is 0 Å². The fraction of sp³-hybridized carbons (Fsp3) is 0. The fourth-order valence-corrected chi connectivity index (χ4v) is 1.51. The van der Waals surface area contributed by atoms with Crippen molar-refractivity contribution in [2.45, 2.75) is 0 Å². The van der Waals surface area contributed by atoms with Crippen LogP contribution in [0.4, 0.5) is 0 Å². The molecule has 0 bridgehead atoms. The molecular formula is C13H10O8. The molecule has 0 atom stereocenters. The van der Waals surface area contributed by atoms with E-state index in [2.05, 4.69) is 0 Å². The van der Waals surface area contributed by atoms with E-state index < -0.39 is 46.2 Å². The highest BCUT2D eigenvalue weighted by molar-refractivity contribution is 5.93. The van der Waals surface area contributed by atoms with Crippen LogP contribution in [-0.4, -0.2) is 36.6 Å². The number of benzene rings is 2. The topological polar surface area (TPSA) is 148 Å². The first-order chi connectivity index (χ1) is 9.81. The standard InChI is InChI=1S/C13H10O8/c14-6-1-2-9(12(19)11(6)18)21-13(20)5-3-7(15)10(17)8(16)4-5/h1-4,14-19H. The molecule has 0 heterocycles. The number of ether oxygens (including phenoxy) is 1. The third-order valence-corrected chi connectivity index (χ3v) is 2.60. The first-order valence-corrected chi connectivity index (χ1v) is 5.52. The van der Waals surface area contributed by atoms with Crippen molar-refractivity contribution in [3.8, 4) is 40.2 Å². The van der Waals surface area contributed by atoms with Crippen molar-refractivity contribution < 1.29 is 40.2 Å². The van der Waals surface area contributed by atoms with Crippen LogP contribution in [0.1, 0.15) is 10.4 Å². The first-order valence-electron chi connectivity index (χ1n) is 5.52. The lowest BCUT2D eigenvalue weighted by atomic mass is 10.2. The molecule has 6 N–H and O–H groups in total. The van der Waals surface area contributed by atoms with Gasteiger partial charge in [-0.25, -0.2) is 4.79 Å². The summed E-state index contributed by atoms with van der Waals surface area (Å²) in [6, 6.07) is 3.70. The summed E-state index contributed by atoms with van der Waals surface area (Å²) in [5, 5.41) is 55.7. The average molecular weight is 294 g/mol. The summed E-state index contributed by atoms with van der Waals surface area (Å²) in [7, 11) is 0. The van der Waals surface area contributed by atoms with Crippen LogP contribution in [-0.2, 0) is 0 Å². The lowest BCUT2D eigenvalue weighted by Gasteiger charge is -2.09. The normalized spacial score (nSPS) is 10.3. The van der Waals surface area contributed by atoms with E-state index in [0.717, 1.165) is 24.3 Å². The molecule has 2 aromatic rings. The van der Waals surface area contributed by atoms with E-state index in [9.17, 15) is 25.2 Å². The van der Waals surface area contributed by atoms with Crippen molar-refractivity contribution in [2.75, 3.05) is 0 Å². The molecule has 2 aromatic carbocycles. The van der Waals surface area contributed by atoms with E-state index in [-0.39, 0.29) is 5.56 Å². The molecule has 0 saturated heterocycles. The van der Waals surface area contributed by atoms with Crippen LogP contribution < -0.4 is 4.74 Å². The maximum atomic E-state index is 11.8. The Morgan fingerprint density at radius 3 is 1.90 bits per heavy atom. The molecule has 0 saturated carbocycles. The molecule has 110 valence electrons. The Kier molecular flexibility index (Phi) is 3.37. The number of carbonyl (C=O) groups excluding carboxylic acids is 1. The van der Waals surface area contributed by atoms with Gasteiger partial charge in [-0.05, 0) is 24.3 Å². The second-order valence-electron chi connectivity index (χ2n) is 4.03. The van der Waals surface area contributed by atoms with E-state index in [4.69, 9.17) is 14.9 Å². The van der Waals surface area contributed by atoms with Gasteiger partial charge in [0.05, 0.1) is 5.56 Å². The summed E-state index contributed by atoms with van der Waals surface area (Å²) in [5.41, 5.74) is -0.310. The molecule has 0 fully saturated rings. The number of rotatable bonds is 2. The van der Waals surface area contributed by atoms with Gasteiger partial charge in [-0.1, -0.05) is 0 Å². The van der Waals surface area contributed by atoms with Gasteiger partial charge in [0.2, 0.25) is 11.5 Å². The van der Waals surface area contributed by atoms with Crippen molar-refractivity contribution >= 4 is 5.97 Å². The number of phenolic OH excluding ortho intramolecular Hbond substituents is 6. The number of hydrogen-bond donors (Lipinski definition) is 6. The van der Waals surface area contributed by atoms with Crippen LogP contribution in [0.5, 0.6) is 40.2 Å². The number of hydrogen-bond acceptors (Lipinski definition) is 8. The summed E-state index contributed by atoms with van der Waals surface area (Å²) in [6.07, 6.45) is 0. The minimum atomic E-state index is -1.08. The van der Waals surface area contributed by atoms with Gasteiger partial charge in [0, 0.05) is 0 Å². The Hall–Kier alpha value is -3.29. The molecule has 8 nitrogen and oxygen atoms in total. The molecule has 0 radical (unpaired) electrons. The van der Waals surface area contributed by atoms with E-state index in [1.807, 2.05) is 0 Å². The van der Waals surface area contributed by atoms with Gasteiger partial charge in [-0.2, -0.15) is 0 Å². The predicted molar refractivity (Wildman–Crippen MR) is 67.8 cm³/mol. The Bertz CT molecular complexity index is 699. The van der Waals surface area contributed by atoms with Crippen molar-refractivity contribution in [3.63, 3.8) is 0 Å². The van der Waals surface area contributed by atoms with E-state index in [1.165, 1.54) is 0 Å². The monoisotopic (exact) mass is 294 g/mol. The number of esters is 1. The molecule has 8 heteroatoms. The minimum Gasteiger partial charge on any atom is -0.504 e. The second-order valence-corrected chi connectivity index (χ2v) is 4.03. The van der Waals surface area contributed by atoms with Gasteiger partial charge in [0.15, 0.2) is 28.7 Å². The smallest absolute Gasteiger partial charge is 0.343 e. The molecule has 0 aliphatic heterocycles. The lowest BCUT2D eigenvalue weighted by molar-refractivity contribution is 0.0728. The fourth-order valence-electron chi connectivity index (χ4n) is 1.51. The molecule has 21 heavy (non-hydrogen) atoms. The van der Waals surface area contributed by atoms with Gasteiger partial charge in [-0.3, -0.25) is 0 Å². The van der Waals surface area contributed by atoms with Gasteiger partial charge in [0.25, 0.3) is 0 Å². The average Bonchev–Trinajstić information content (AvgIpc) is 2.44. The van der Waals surface area contributed by atoms with Gasteiger partial charge >= 0.3 is 5.97 Å². The maximum Gasteiger partial charge on any atom is 0.343 e. The number of aromatic hydroxyl groups is 6. The molecule has 0 unspecified atom stereocenters. The molecule has 0 aliphatic carbocycles. The summed E-state index contributed by atoms with van der Waals surface area (Å²) < 4.78 is 4.75. The van der Waals surface area contributed by atoms with Gasteiger partial charge in [-0.15, -0.1) is 0 Å². The highest BCUT2D eigenvalue weighted by Gasteiger charge is 2.19. The zero-order valence-corrected chi connectivity index (χ0v) is 10.3. The van der Waals surface area contributed by atoms with Crippen LogP contribution in [0.3, 0.4) is 0 Å². The molecule has 0 amide bonds. The summed E-state index contributed by atoms with van der Waals surface area (Å²) in [5.74, 6) is -6.11. The maximum absolute atomic E-state index is 11.8. The highest BCUT2D eigenvalue weighted by atomic mass is 16.5. The van der Waals surface area contributed by atoms with Crippen LogP contribution in [0.25, 0.3) is 0 Å². The predicted octanol–water partition coefficient (Wildman–Crippen LogP) is 1.14. The first kappa shape index (κ1) is 14.1. The van der Waals surface area contributed by atoms with Gasteiger partial charge < -0.3 is 35.4 Å². The van der Waals surface area contributed by atoms with E-state index >= 15 is 0 Å². The quantitative estimate of drug-likeness (QED) is 0.274. The third kappa shape index (κ3) is 2.54. The van der Waals surface area contributed by atoms with E-state index in [0.29, 0.717) is 0 Å². The Morgan fingerprint density at radius 2 is 1.33 bits per heavy atom. The molecule has 2 rings (SSSR count). The summed E-state index contributed by atoms with van der Waals surface area (Å²) in [4.78, 5) is 11.8. The van der Waals surface area contributed by atoms with Crippen molar-refractivity contribution in [3.05, 3.63) is 29.8 Å².